The van der Waals surface area contributed by atoms with Crippen LogP contribution in [-0.2, 0) is 9.47 Å². The highest BCUT2D eigenvalue weighted by Crippen LogP contribution is 2.34. The lowest BCUT2D eigenvalue weighted by Gasteiger charge is -2.43. The van der Waals surface area contributed by atoms with Crippen molar-refractivity contribution in [1.82, 2.24) is 10.2 Å². The van der Waals surface area contributed by atoms with E-state index in [-0.39, 0.29) is 24.7 Å². The first kappa shape index (κ1) is 29.6. The summed E-state index contributed by atoms with van der Waals surface area (Å²) in [6.07, 6.45) is 2.68. The molecule has 0 bridgehead atoms. The van der Waals surface area contributed by atoms with Gasteiger partial charge in [-0.05, 0) is 77.5 Å². The maximum Gasteiger partial charge on any atom is 0.427 e. The van der Waals surface area contributed by atoms with Crippen LogP contribution in [0.15, 0.2) is 11.8 Å². The van der Waals surface area contributed by atoms with Gasteiger partial charge in [-0.3, -0.25) is 10.2 Å². The Balaban J connectivity index is 1.64. The van der Waals surface area contributed by atoms with E-state index >= 15 is 0 Å². The SMILES string of the molecule is CC(NC(O)C(F)(F)F)[C@H](COC1CCCCC1)OC1=CCC(N(C)C2CCC(F)CC2)C(CN)C1. The van der Waals surface area contributed by atoms with Crippen molar-refractivity contribution in [3.05, 3.63) is 11.8 Å². The molecule has 36 heavy (non-hydrogen) atoms. The number of ether oxygens (including phenoxy) is 2. The van der Waals surface area contributed by atoms with Crippen LogP contribution < -0.4 is 11.1 Å². The van der Waals surface area contributed by atoms with Crippen molar-refractivity contribution in [2.45, 2.75) is 126 Å². The van der Waals surface area contributed by atoms with Crippen LogP contribution in [0.25, 0.3) is 0 Å². The number of rotatable bonds is 11. The van der Waals surface area contributed by atoms with Gasteiger partial charge in [0.05, 0.1) is 18.5 Å². The minimum atomic E-state index is -4.77. The lowest BCUT2D eigenvalue weighted by molar-refractivity contribution is -0.218. The Bertz CT molecular complexity index is 682. The van der Waals surface area contributed by atoms with Gasteiger partial charge < -0.3 is 20.3 Å². The van der Waals surface area contributed by atoms with Gasteiger partial charge in [0, 0.05) is 24.5 Å². The molecular formula is C26H45F4N3O3. The van der Waals surface area contributed by atoms with Gasteiger partial charge in [0.25, 0.3) is 0 Å². The fourth-order valence-corrected chi connectivity index (χ4v) is 5.86. The van der Waals surface area contributed by atoms with Gasteiger partial charge >= 0.3 is 6.18 Å². The molecule has 10 heteroatoms. The van der Waals surface area contributed by atoms with Crippen LogP contribution in [0.2, 0.25) is 0 Å². The van der Waals surface area contributed by atoms with Gasteiger partial charge in [0.15, 0.2) is 0 Å². The first-order valence-electron chi connectivity index (χ1n) is 13.6. The molecule has 0 saturated heterocycles. The molecule has 4 unspecified atom stereocenters. The van der Waals surface area contributed by atoms with E-state index in [1.807, 2.05) is 6.08 Å². The molecule has 0 aliphatic heterocycles. The van der Waals surface area contributed by atoms with Crippen LogP contribution in [0.1, 0.15) is 77.6 Å². The van der Waals surface area contributed by atoms with Crippen molar-refractivity contribution < 1.29 is 32.1 Å². The minimum absolute atomic E-state index is 0.0826. The molecule has 0 heterocycles. The zero-order valence-corrected chi connectivity index (χ0v) is 21.7. The Kier molecular flexibility index (Phi) is 11.3. The monoisotopic (exact) mass is 523 g/mol. The number of hydrogen-bond acceptors (Lipinski definition) is 6. The lowest BCUT2D eigenvalue weighted by Crippen LogP contribution is -2.52. The first-order valence-corrected chi connectivity index (χ1v) is 13.6. The summed E-state index contributed by atoms with van der Waals surface area (Å²) in [5.74, 6) is 0.831. The van der Waals surface area contributed by atoms with E-state index in [0.29, 0.717) is 44.0 Å². The summed E-state index contributed by atoms with van der Waals surface area (Å²) in [5.41, 5.74) is 6.14. The second-order valence-corrected chi connectivity index (χ2v) is 10.9. The van der Waals surface area contributed by atoms with Crippen molar-refractivity contribution in [2.24, 2.45) is 11.7 Å². The maximum atomic E-state index is 13.6. The maximum absolute atomic E-state index is 13.6. The van der Waals surface area contributed by atoms with E-state index in [0.717, 1.165) is 38.5 Å². The molecule has 3 aliphatic rings. The van der Waals surface area contributed by atoms with Gasteiger partial charge in [-0.25, -0.2) is 4.39 Å². The topological polar surface area (TPSA) is 80.0 Å². The van der Waals surface area contributed by atoms with Gasteiger partial charge in [-0.1, -0.05) is 19.3 Å². The number of nitrogens with zero attached hydrogens (tertiary/aromatic N) is 1. The molecular weight excluding hydrogens is 478 g/mol. The molecule has 0 radical (unpaired) electrons. The third-order valence-electron chi connectivity index (χ3n) is 8.26. The summed E-state index contributed by atoms with van der Waals surface area (Å²) < 4.78 is 64.8. The zero-order chi connectivity index (χ0) is 26.3. The first-order chi connectivity index (χ1) is 17.1. The van der Waals surface area contributed by atoms with Crippen LogP contribution >= 0.6 is 0 Å². The van der Waals surface area contributed by atoms with E-state index < -0.39 is 30.7 Å². The second-order valence-electron chi connectivity index (χ2n) is 10.9. The van der Waals surface area contributed by atoms with E-state index in [1.165, 1.54) is 6.42 Å². The summed E-state index contributed by atoms with van der Waals surface area (Å²) in [6, 6.07) is -0.251. The molecule has 6 nitrogen and oxygen atoms in total. The molecule has 0 aromatic heterocycles. The Morgan fingerprint density at radius 2 is 1.81 bits per heavy atom. The van der Waals surface area contributed by atoms with Crippen molar-refractivity contribution in [3.8, 4) is 0 Å². The third kappa shape index (κ3) is 8.55. The zero-order valence-electron chi connectivity index (χ0n) is 21.7. The smallest absolute Gasteiger partial charge is 0.427 e. The van der Waals surface area contributed by atoms with Gasteiger partial charge in [0.1, 0.15) is 12.3 Å². The number of halogens is 4. The highest BCUT2D eigenvalue weighted by Gasteiger charge is 2.41. The van der Waals surface area contributed by atoms with E-state index in [1.54, 1.807) is 6.92 Å². The van der Waals surface area contributed by atoms with Crippen molar-refractivity contribution >= 4 is 0 Å². The Morgan fingerprint density at radius 1 is 1.14 bits per heavy atom. The van der Waals surface area contributed by atoms with Crippen molar-refractivity contribution in [1.29, 1.82) is 0 Å². The predicted molar refractivity (Wildman–Crippen MR) is 131 cm³/mol. The molecule has 3 rings (SSSR count). The largest absolute Gasteiger partial charge is 0.491 e. The summed E-state index contributed by atoms with van der Waals surface area (Å²) in [6.45, 7) is 2.17. The molecule has 3 aliphatic carbocycles. The molecule has 5 atom stereocenters. The van der Waals surface area contributed by atoms with Crippen LogP contribution in [0.5, 0.6) is 0 Å². The summed E-state index contributed by atoms with van der Waals surface area (Å²) >= 11 is 0. The molecule has 2 saturated carbocycles. The number of aliphatic hydroxyl groups excluding tert-OH is 1. The second kappa shape index (κ2) is 13.7. The van der Waals surface area contributed by atoms with E-state index in [4.69, 9.17) is 15.2 Å². The molecule has 0 aromatic rings. The van der Waals surface area contributed by atoms with Crippen molar-refractivity contribution in [3.63, 3.8) is 0 Å². The number of alkyl halides is 4. The fraction of sp³-hybridized carbons (Fsp3) is 0.923. The minimum Gasteiger partial charge on any atom is -0.491 e. The molecule has 4 N–H and O–H groups in total. The third-order valence-corrected chi connectivity index (χ3v) is 8.26. The van der Waals surface area contributed by atoms with Crippen LogP contribution in [0.4, 0.5) is 17.6 Å². The van der Waals surface area contributed by atoms with E-state index in [2.05, 4.69) is 17.3 Å². The Hall–Kier alpha value is -0.940. The van der Waals surface area contributed by atoms with Gasteiger partial charge in [0.2, 0.25) is 6.23 Å². The van der Waals surface area contributed by atoms with Gasteiger partial charge in [-0.2, -0.15) is 13.2 Å². The summed E-state index contributed by atoms with van der Waals surface area (Å²) in [5, 5.41) is 11.8. The summed E-state index contributed by atoms with van der Waals surface area (Å²) in [4.78, 5) is 2.34. The summed E-state index contributed by atoms with van der Waals surface area (Å²) in [7, 11) is 2.08. The lowest BCUT2D eigenvalue weighted by atomic mass is 9.84. The Labute approximate surface area is 212 Å². The number of aliphatic hydroxyl groups is 1. The normalized spacial score (nSPS) is 31.1. The van der Waals surface area contributed by atoms with Gasteiger partial charge in [-0.15, -0.1) is 0 Å². The average Bonchev–Trinajstić information content (AvgIpc) is 2.86. The fourth-order valence-electron chi connectivity index (χ4n) is 5.86. The van der Waals surface area contributed by atoms with Crippen LogP contribution in [0.3, 0.4) is 0 Å². The molecule has 0 aromatic carbocycles. The average molecular weight is 524 g/mol. The number of nitrogens with two attached hydrogens (primary N) is 1. The number of nitrogens with one attached hydrogen (secondary N) is 1. The van der Waals surface area contributed by atoms with E-state index in [9.17, 15) is 22.7 Å². The van der Waals surface area contributed by atoms with Crippen molar-refractivity contribution in [2.75, 3.05) is 20.2 Å². The van der Waals surface area contributed by atoms with Crippen LogP contribution in [-0.4, -0.2) is 79.1 Å². The number of hydrogen-bond donors (Lipinski definition) is 3. The van der Waals surface area contributed by atoms with Crippen LogP contribution in [0, 0.1) is 5.92 Å². The highest BCUT2D eigenvalue weighted by atomic mass is 19.4. The highest BCUT2D eigenvalue weighted by molar-refractivity contribution is 5.07. The standard InChI is InChI=1S/C26H45F4N3O3/c1-17(32-25(34)26(28,29)30)24(16-35-21-6-4-3-5-7-21)36-22-12-13-23(18(14-22)15-31)33(2)20-10-8-19(27)9-11-20/h12,17-21,23-25,32,34H,3-11,13-16,31H2,1-2H3/t17?,18?,19?,20?,23?,24-,25?/m0/s1. The molecule has 210 valence electrons. The quantitative estimate of drug-likeness (QED) is 0.275. The predicted octanol–water partition coefficient (Wildman–Crippen LogP) is 4.41. The number of allylic oxidation sites excluding steroid dienone is 1. The Morgan fingerprint density at radius 3 is 2.42 bits per heavy atom. The molecule has 2 fully saturated rings. The molecule has 0 spiro atoms. The molecule has 0 amide bonds.